The van der Waals surface area contributed by atoms with Gasteiger partial charge >= 0.3 is 11.7 Å². The van der Waals surface area contributed by atoms with E-state index >= 15 is 0 Å². The molecule has 0 fully saturated rings. The van der Waals surface area contributed by atoms with Crippen LogP contribution in [0.1, 0.15) is 10.4 Å². The molecular formula is C15H14FO4PS2. The van der Waals surface area contributed by atoms with Crippen LogP contribution < -0.4 is 9.05 Å². The van der Waals surface area contributed by atoms with Crippen LogP contribution in [-0.2, 0) is 16.5 Å². The highest BCUT2D eigenvalue weighted by Crippen LogP contribution is 2.58. The van der Waals surface area contributed by atoms with Gasteiger partial charge in [-0.25, -0.2) is 9.18 Å². The molecular weight excluding hydrogens is 358 g/mol. The molecule has 2 aromatic carbocycles. The van der Waals surface area contributed by atoms with Crippen LogP contribution in [0.15, 0.2) is 48.5 Å². The second-order valence-electron chi connectivity index (χ2n) is 4.28. The zero-order chi connectivity index (χ0) is 16.9. The van der Waals surface area contributed by atoms with E-state index in [1.54, 1.807) is 30.5 Å². The lowest BCUT2D eigenvalue weighted by molar-refractivity contribution is 0.0600. The zero-order valence-corrected chi connectivity index (χ0v) is 14.9. The first-order chi connectivity index (χ1) is 11.0. The van der Waals surface area contributed by atoms with E-state index in [0.29, 0.717) is 17.1 Å². The van der Waals surface area contributed by atoms with Gasteiger partial charge in [-0.05, 0) is 78.0 Å². The summed E-state index contributed by atoms with van der Waals surface area (Å²) < 4.78 is 29.1. The first-order valence-corrected chi connectivity index (χ1v) is 10.9. The molecule has 0 aromatic heterocycles. The molecule has 122 valence electrons. The molecule has 1 atom stereocenters. The normalized spacial score (nSPS) is 13.0. The van der Waals surface area contributed by atoms with E-state index in [4.69, 9.17) is 20.9 Å². The van der Waals surface area contributed by atoms with Gasteiger partial charge in [-0.3, -0.25) is 0 Å². The van der Waals surface area contributed by atoms with Crippen molar-refractivity contribution in [1.29, 1.82) is 0 Å². The van der Waals surface area contributed by atoms with Crippen molar-refractivity contribution < 1.29 is 23.0 Å². The van der Waals surface area contributed by atoms with Crippen LogP contribution in [0, 0.1) is 5.82 Å². The molecule has 4 nitrogen and oxygen atoms in total. The Morgan fingerprint density at radius 1 is 1.04 bits per heavy atom. The quantitative estimate of drug-likeness (QED) is 0.543. The Morgan fingerprint density at radius 2 is 1.52 bits per heavy atom. The van der Waals surface area contributed by atoms with Crippen LogP contribution in [0.3, 0.4) is 0 Å². The van der Waals surface area contributed by atoms with Gasteiger partial charge in [-0.1, -0.05) is 0 Å². The minimum absolute atomic E-state index is 0.353. The Balaban J connectivity index is 2.12. The van der Waals surface area contributed by atoms with Crippen molar-refractivity contribution in [2.24, 2.45) is 0 Å². The summed E-state index contributed by atoms with van der Waals surface area (Å²) in [4.78, 5) is 11.4. The fraction of sp³-hybridized carbons (Fsp3) is 0.133. The van der Waals surface area contributed by atoms with Crippen molar-refractivity contribution in [2.45, 2.75) is 0 Å². The fourth-order valence-electron chi connectivity index (χ4n) is 1.62. The third-order valence-corrected chi connectivity index (χ3v) is 7.64. The number of halogens is 1. The lowest BCUT2D eigenvalue weighted by Crippen LogP contribution is -2.01. The van der Waals surface area contributed by atoms with E-state index in [2.05, 4.69) is 4.74 Å². The number of carbonyl (C=O) groups excluding carboxylic acids is 1. The van der Waals surface area contributed by atoms with Crippen molar-refractivity contribution in [3.05, 3.63) is 59.9 Å². The van der Waals surface area contributed by atoms with Crippen molar-refractivity contribution in [2.75, 3.05) is 13.4 Å². The van der Waals surface area contributed by atoms with Crippen molar-refractivity contribution in [1.82, 2.24) is 0 Å². The van der Waals surface area contributed by atoms with Crippen molar-refractivity contribution >= 4 is 34.9 Å². The van der Waals surface area contributed by atoms with Gasteiger partial charge in [0.2, 0.25) is 0 Å². The molecule has 0 amide bonds. The SMILES string of the molecule is COC(=O)c1ccc(O[P@@](=S)(Oc2ccc(F)cc2)SC)cc1. The van der Waals surface area contributed by atoms with Gasteiger partial charge in [0.25, 0.3) is 0 Å². The minimum Gasteiger partial charge on any atom is -0.465 e. The van der Waals surface area contributed by atoms with E-state index in [9.17, 15) is 9.18 Å². The molecule has 2 aromatic rings. The number of benzene rings is 2. The van der Waals surface area contributed by atoms with Crippen LogP contribution in [0.2, 0.25) is 0 Å². The number of esters is 1. The number of methoxy groups -OCH3 is 1. The molecule has 0 radical (unpaired) electrons. The Morgan fingerprint density at radius 3 is 1.96 bits per heavy atom. The lowest BCUT2D eigenvalue weighted by atomic mass is 10.2. The third-order valence-electron chi connectivity index (χ3n) is 2.75. The largest absolute Gasteiger partial charge is 0.465 e. The van der Waals surface area contributed by atoms with E-state index in [0.717, 1.165) is 0 Å². The predicted molar refractivity (Wildman–Crippen MR) is 93.2 cm³/mol. The zero-order valence-electron chi connectivity index (χ0n) is 12.4. The molecule has 23 heavy (non-hydrogen) atoms. The topological polar surface area (TPSA) is 44.8 Å². The second kappa shape index (κ2) is 7.81. The van der Waals surface area contributed by atoms with E-state index < -0.39 is 11.7 Å². The standard InChI is InChI=1S/C15H14FO4PS2/c1-18-15(17)11-3-7-13(8-4-11)19-21(22,23-2)20-14-9-5-12(16)6-10-14/h3-10H,1-2H3/t21-/m0/s1. The van der Waals surface area contributed by atoms with Gasteiger partial charge in [0.15, 0.2) is 0 Å². The summed E-state index contributed by atoms with van der Waals surface area (Å²) in [7, 11) is 1.32. The highest BCUT2D eigenvalue weighted by molar-refractivity contribution is 8.67. The minimum atomic E-state index is -2.69. The number of carbonyl (C=O) groups is 1. The summed E-state index contributed by atoms with van der Waals surface area (Å²) in [6.07, 6.45) is 1.78. The molecule has 0 aliphatic heterocycles. The molecule has 0 saturated heterocycles. The monoisotopic (exact) mass is 372 g/mol. The summed E-state index contributed by atoms with van der Waals surface area (Å²) in [5.41, 5.74) is -2.28. The van der Waals surface area contributed by atoms with Crippen LogP contribution in [0.5, 0.6) is 11.5 Å². The van der Waals surface area contributed by atoms with E-state index in [-0.39, 0.29) is 5.82 Å². The maximum absolute atomic E-state index is 12.9. The van der Waals surface area contributed by atoms with Crippen molar-refractivity contribution in [3.8, 4) is 11.5 Å². The first kappa shape index (κ1) is 17.8. The number of rotatable bonds is 6. The molecule has 0 aliphatic rings. The smallest absolute Gasteiger partial charge is 0.348 e. The van der Waals surface area contributed by atoms with E-state index in [1.165, 1.54) is 42.8 Å². The maximum Gasteiger partial charge on any atom is 0.348 e. The molecule has 0 aliphatic carbocycles. The average Bonchev–Trinajstić information content (AvgIpc) is 2.57. The molecule has 0 bridgehead atoms. The van der Waals surface area contributed by atoms with Crippen molar-refractivity contribution in [3.63, 3.8) is 0 Å². The Kier molecular flexibility index (Phi) is 6.04. The molecule has 0 unspecified atom stereocenters. The van der Waals surface area contributed by atoms with Crippen LogP contribution in [-0.4, -0.2) is 19.3 Å². The Labute approximate surface area is 142 Å². The third kappa shape index (κ3) is 4.96. The molecule has 0 saturated carbocycles. The highest BCUT2D eigenvalue weighted by Gasteiger charge is 2.21. The van der Waals surface area contributed by atoms with Gasteiger partial charge in [-0.15, -0.1) is 0 Å². The fourth-order valence-corrected chi connectivity index (χ4v) is 4.04. The second-order valence-corrected chi connectivity index (χ2v) is 10.6. The van der Waals surface area contributed by atoms with Crippen LogP contribution in [0.4, 0.5) is 4.39 Å². The summed E-state index contributed by atoms with van der Waals surface area (Å²) in [5, 5.41) is 0. The van der Waals surface area contributed by atoms with Gasteiger partial charge in [0.1, 0.15) is 17.3 Å². The number of hydrogen-bond acceptors (Lipinski definition) is 6. The van der Waals surface area contributed by atoms with Gasteiger partial charge in [-0.2, -0.15) is 0 Å². The first-order valence-electron chi connectivity index (χ1n) is 6.45. The summed E-state index contributed by atoms with van der Waals surface area (Å²) in [6.45, 7) is 0. The van der Waals surface area contributed by atoms with E-state index in [1.807, 2.05) is 0 Å². The Hall–Kier alpha value is -1.56. The molecule has 0 N–H and O–H groups in total. The predicted octanol–water partition coefficient (Wildman–Crippen LogP) is 4.66. The summed E-state index contributed by atoms with van der Waals surface area (Å²) >= 11 is 6.73. The van der Waals surface area contributed by atoms with Gasteiger partial charge in [0, 0.05) is 0 Å². The Bertz CT molecular complexity index is 719. The maximum atomic E-state index is 12.9. The van der Waals surface area contributed by atoms with Gasteiger partial charge in [0.05, 0.1) is 12.7 Å². The lowest BCUT2D eigenvalue weighted by Gasteiger charge is -2.21. The number of hydrogen-bond donors (Lipinski definition) is 0. The molecule has 8 heteroatoms. The van der Waals surface area contributed by atoms with Crippen LogP contribution in [0.25, 0.3) is 0 Å². The molecule has 0 heterocycles. The highest BCUT2D eigenvalue weighted by atomic mass is 32.9. The van der Waals surface area contributed by atoms with Crippen LogP contribution >= 0.6 is 17.1 Å². The van der Waals surface area contributed by atoms with Gasteiger partial charge < -0.3 is 13.8 Å². The summed E-state index contributed by atoms with van der Waals surface area (Å²) in [5.74, 6) is 0.144. The molecule has 2 rings (SSSR count). The average molecular weight is 372 g/mol. The summed E-state index contributed by atoms with van der Waals surface area (Å²) in [6, 6.07) is 12.0. The number of ether oxygens (including phenoxy) is 1. The molecule has 0 spiro atoms.